The highest BCUT2D eigenvalue weighted by Crippen LogP contribution is 2.33. The van der Waals surface area contributed by atoms with Gasteiger partial charge < -0.3 is 33.3 Å². The molecule has 0 aromatic carbocycles. The van der Waals surface area contributed by atoms with Gasteiger partial charge in [-0.05, 0) is 54.8 Å². The van der Waals surface area contributed by atoms with Crippen LogP contribution in [0, 0.1) is 47.3 Å². The van der Waals surface area contributed by atoms with Crippen LogP contribution >= 0.6 is 0 Å². The average molecular weight is 836 g/mol. The molecule has 59 heavy (non-hydrogen) atoms. The van der Waals surface area contributed by atoms with E-state index >= 15 is 0 Å². The van der Waals surface area contributed by atoms with Crippen molar-refractivity contribution in [1.29, 1.82) is 0 Å². The van der Waals surface area contributed by atoms with Crippen LogP contribution in [0.5, 0.6) is 0 Å². The third-order valence-corrected chi connectivity index (χ3v) is 12.8. The van der Waals surface area contributed by atoms with E-state index in [4.69, 9.17) is 28.4 Å². The molecule has 0 saturated heterocycles. The lowest BCUT2D eigenvalue weighted by atomic mass is 9.81. The standard InChI is InChI=1S/C46H77NO12/c1-34-5-11-37(12-6-34)17-20-42(49)55-28-40(27-54-4)29-58-45(52)23-25-47(33-48)26-24-46(53)59-32-41(30-56-43(50)21-18-38-13-7-35(2)8-14-38)31-57-44(51)22-19-39-15-9-36(3)10-16-39/h33-41H,5-32H2,1-4H3. The van der Waals surface area contributed by atoms with E-state index in [1.54, 1.807) is 0 Å². The zero-order valence-corrected chi connectivity index (χ0v) is 36.8. The molecule has 3 fully saturated rings. The maximum atomic E-state index is 12.7. The maximum Gasteiger partial charge on any atom is 0.307 e. The van der Waals surface area contributed by atoms with Crippen molar-refractivity contribution >= 4 is 36.3 Å². The number of hydrogen-bond donors (Lipinski definition) is 0. The molecular weight excluding hydrogens is 759 g/mol. The van der Waals surface area contributed by atoms with Gasteiger partial charge in [-0.1, -0.05) is 97.8 Å². The van der Waals surface area contributed by atoms with Crippen LogP contribution in [-0.4, -0.2) is 101 Å². The van der Waals surface area contributed by atoms with E-state index < -0.39 is 17.9 Å². The van der Waals surface area contributed by atoms with Gasteiger partial charge in [-0.15, -0.1) is 0 Å². The molecule has 3 saturated carbocycles. The first-order valence-electron chi connectivity index (χ1n) is 22.9. The molecule has 0 aromatic rings. The highest BCUT2D eigenvalue weighted by atomic mass is 16.6. The zero-order valence-electron chi connectivity index (χ0n) is 36.8. The number of ether oxygens (including phenoxy) is 6. The molecule has 13 heteroatoms. The van der Waals surface area contributed by atoms with Gasteiger partial charge in [-0.3, -0.25) is 28.8 Å². The molecule has 0 aliphatic heterocycles. The molecule has 3 aliphatic carbocycles. The van der Waals surface area contributed by atoms with E-state index in [9.17, 15) is 28.8 Å². The molecule has 0 radical (unpaired) electrons. The van der Waals surface area contributed by atoms with Crippen LogP contribution in [0.15, 0.2) is 0 Å². The van der Waals surface area contributed by atoms with E-state index in [1.165, 1.54) is 50.5 Å². The van der Waals surface area contributed by atoms with Gasteiger partial charge >= 0.3 is 29.8 Å². The van der Waals surface area contributed by atoms with Crippen LogP contribution in [0.3, 0.4) is 0 Å². The number of nitrogens with zero attached hydrogens (tertiary/aromatic N) is 1. The highest BCUT2D eigenvalue weighted by Gasteiger charge is 2.24. The molecule has 1 unspecified atom stereocenters. The lowest BCUT2D eigenvalue weighted by molar-refractivity contribution is -0.154. The van der Waals surface area contributed by atoms with Gasteiger partial charge in [-0.2, -0.15) is 0 Å². The van der Waals surface area contributed by atoms with Crippen LogP contribution < -0.4 is 0 Å². The minimum absolute atomic E-state index is 0.000607. The Labute approximate surface area is 354 Å². The van der Waals surface area contributed by atoms with E-state index in [2.05, 4.69) is 20.8 Å². The summed E-state index contributed by atoms with van der Waals surface area (Å²) in [6, 6.07) is 0. The Kier molecular flexibility index (Phi) is 24.7. The number of rotatable bonds is 28. The molecule has 0 aromatic heterocycles. The van der Waals surface area contributed by atoms with E-state index in [1.807, 2.05) is 0 Å². The Balaban J connectivity index is 1.35. The number of methoxy groups -OCH3 is 1. The quantitative estimate of drug-likeness (QED) is 0.0431. The fourth-order valence-electron chi connectivity index (χ4n) is 8.45. The van der Waals surface area contributed by atoms with Crippen molar-refractivity contribution < 1.29 is 57.2 Å². The predicted molar refractivity (Wildman–Crippen MR) is 222 cm³/mol. The Morgan fingerprint density at radius 2 is 0.729 bits per heavy atom. The molecule has 3 aliphatic rings. The van der Waals surface area contributed by atoms with Crippen LogP contribution in [0.1, 0.15) is 149 Å². The monoisotopic (exact) mass is 836 g/mol. The Morgan fingerprint density at radius 1 is 0.458 bits per heavy atom. The van der Waals surface area contributed by atoms with Crippen molar-refractivity contribution in [2.75, 3.05) is 59.8 Å². The number of esters is 5. The van der Waals surface area contributed by atoms with Crippen molar-refractivity contribution in [2.45, 2.75) is 149 Å². The topological polar surface area (TPSA) is 161 Å². The molecule has 1 amide bonds. The van der Waals surface area contributed by atoms with Crippen molar-refractivity contribution in [3.05, 3.63) is 0 Å². The second kappa shape index (κ2) is 29.1. The third-order valence-electron chi connectivity index (χ3n) is 12.8. The summed E-state index contributed by atoms with van der Waals surface area (Å²) >= 11 is 0. The van der Waals surface area contributed by atoms with Crippen LogP contribution in [-0.2, 0) is 57.2 Å². The van der Waals surface area contributed by atoms with Gasteiger partial charge in [-0.25, -0.2) is 0 Å². The molecular formula is C46H77NO12. The van der Waals surface area contributed by atoms with E-state index in [-0.39, 0.29) is 89.4 Å². The number of carbonyl (C=O) groups is 6. The first kappa shape index (κ1) is 50.1. The lowest BCUT2D eigenvalue weighted by Gasteiger charge is -2.26. The fourth-order valence-corrected chi connectivity index (χ4v) is 8.45. The van der Waals surface area contributed by atoms with Gasteiger partial charge in [0.15, 0.2) is 0 Å². The smallest absolute Gasteiger partial charge is 0.307 e. The Morgan fingerprint density at radius 3 is 1.00 bits per heavy atom. The van der Waals surface area contributed by atoms with Crippen molar-refractivity contribution in [2.24, 2.45) is 47.3 Å². The Hall–Kier alpha value is -3.22. The molecule has 1 atom stereocenters. The summed E-state index contributed by atoms with van der Waals surface area (Å²) in [4.78, 5) is 76.0. The molecule has 3 rings (SSSR count). The van der Waals surface area contributed by atoms with Gasteiger partial charge in [0.1, 0.15) is 19.8 Å². The largest absolute Gasteiger partial charge is 0.465 e. The summed E-state index contributed by atoms with van der Waals surface area (Å²) < 4.78 is 32.7. The predicted octanol–water partition coefficient (Wildman–Crippen LogP) is 7.64. The molecule has 0 N–H and O–H groups in total. The average Bonchev–Trinajstić information content (AvgIpc) is 3.23. The minimum atomic E-state index is -0.578. The van der Waals surface area contributed by atoms with Gasteiger partial charge in [0, 0.05) is 39.5 Å². The molecule has 0 bridgehead atoms. The summed E-state index contributed by atoms with van der Waals surface area (Å²) in [5.41, 5.74) is 0. The minimum Gasteiger partial charge on any atom is -0.465 e. The summed E-state index contributed by atoms with van der Waals surface area (Å²) in [5.74, 6) is 0.996. The molecule has 13 nitrogen and oxygen atoms in total. The van der Waals surface area contributed by atoms with Crippen molar-refractivity contribution in [3.63, 3.8) is 0 Å². The number of amides is 1. The number of carbonyl (C=O) groups excluding carboxylic acids is 6. The highest BCUT2D eigenvalue weighted by molar-refractivity contribution is 5.72. The first-order valence-corrected chi connectivity index (χ1v) is 22.9. The van der Waals surface area contributed by atoms with Gasteiger partial charge in [0.25, 0.3) is 0 Å². The second-order valence-corrected chi connectivity index (χ2v) is 18.2. The summed E-state index contributed by atoms with van der Waals surface area (Å²) in [6.45, 7) is 6.97. The van der Waals surface area contributed by atoms with Crippen molar-refractivity contribution in [3.8, 4) is 0 Å². The normalized spacial score (nSPS) is 24.2. The van der Waals surface area contributed by atoms with Gasteiger partial charge in [0.2, 0.25) is 6.41 Å². The third kappa shape index (κ3) is 22.8. The lowest BCUT2D eigenvalue weighted by Crippen LogP contribution is -2.30. The zero-order chi connectivity index (χ0) is 42.8. The van der Waals surface area contributed by atoms with Crippen LogP contribution in [0.4, 0.5) is 0 Å². The summed E-state index contributed by atoms with van der Waals surface area (Å²) in [6.07, 6.45) is 17.8. The van der Waals surface area contributed by atoms with Crippen LogP contribution in [0.25, 0.3) is 0 Å². The van der Waals surface area contributed by atoms with E-state index in [0.717, 1.165) is 75.5 Å². The maximum absolute atomic E-state index is 12.7. The molecule has 0 spiro atoms. The molecule has 338 valence electrons. The second-order valence-electron chi connectivity index (χ2n) is 18.2. The van der Waals surface area contributed by atoms with Crippen molar-refractivity contribution in [1.82, 2.24) is 4.90 Å². The fraction of sp³-hybridized carbons (Fsp3) is 0.870. The van der Waals surface area contributed by atoms with Crippen LogP contribution in [0.2, 0.25) is 0 Å². The summed E-state index contributed by atoms with van der Waals surface area (Å²) in [5, 5.41) is 0. The van der Waals surface area contributed by atoms with Gasteiger partial charge in [0.05, 0.1) is 44.5 Å². The number of hydrogen-bond acceptors (Lipinski definition) is 12. The Bertz CT molecular complexity index is 1190. The summed E-state index contributed by atoms with van der Waals surface area (Å²) in [7, 11) is 1.52. The molecule has 0 heterocycles. The van der Waals surface area contributed by atoms with E-state index in [0.29, 0.717) is 43.4 Å². The SMILES string of the molecule is COCC(COC(=O)CCC1CCC(C)CC1)COC(=O)CCN(C=O)CCC(=O)OCC(COC(=O)CCC1CCC(C)CC1)COC(=O)CCC1CCC(C)CC1. The first-order chi connectivity index (χ1) is 28.4.